The average Bonchev–Trinajstić information content (AvgIpc) is 2.87. The van der Waals surface area contributed by atoms with E-state index in [4.69, 9.17) is 0 Å². The number of alkyl halides is 3. The Hall–Kier alpha value is -1.47. The van der Waals surface area contributed by atoms with Crippen LogP contribution in [0.5, 0.6) is 0 Å². The summed E-state index contributed by atoms with van der Waals surface area (Å²) < 4.78 is 38.8. The molecule has 3 nitrogen and oxygen atoms in total. The Morgan fingerprint density at radius 3 is 2.65 bits per heavy atom. The lowest BCUT2D eigenvalue weighted by Crippen LogP contribution is -2.15. The van der Waals surface area contributed by atoms with Crippen LogP contribution in [0.25, 0.3) is 10.6 Å². The van der Waals surface area contributed by atoms with E-state index >= 15 is 0 Å². The summed E-state index contributed by atoms with van der Waals surface area (Å²) in [4.78, 5) is 0. The molecule has 7 heteroatoms. The van der Waals surface area contributed by atoms with Gasteiger partial charge in [0.25, 0.3) is 0 Å². The highest BCUT2D eigenvalue weighted by Gasteiger charge is 2.34. The Morgan fingerprint density at radius 2 is 1.95 bits per heavy atom. The number of halogens is 3. The van der Waals surface area contributed by atoms with E-state index < -0.39 is 11.7 Å². The van der Waals surface area contributed by atoms with Gasteiger partial charge in [-0.05, 0) is 12.6 Å². The zero-order chi connectivity index (χ0) is 14.6. The van der Waals surface area contributed by atoms with Crippen molar-refractivity contribution in [1.29, 1.82) is 0 Å². The maximum atomic E-state index is 12.9. The van der Waals surface area contributed by atoms with Gasteiger partial charge in [0.15, 0.2) is 0 Å². The van der Waals surface area contributed by atoms with E-state index in [1.54, 1.807) is 6.07 Å². The Morgan fingerprint density at radius 1 is 1.20 bits per heavy atom. The molecule has 2 aromatic rings. The Balaban J connectivity index is 2.24. The van der Waals surface area contributed by atoms with E-state index in [1.807, 2.05) is 6.92 Å². The molecule has 0 amide bonds. The Bertz CT molecular complexity index is 566. The largest absolute Gasteiger partial charge is 0.417 e. The van der Waals surface area contributed by atoms with E-state index in [1.165, 1.54) is 23.5 Å². The summed E-state index contributed by atoms with van der Waals surface area (Å²) in [7, 11) is 0. The van der Waals surface area contributed by atoms with Crippen LogP contribution >= 0.6 is 11.3 Å². The fourth-order valence-electron chi connectivity index (χ4n) is 1.75. The number of nitrogens with one attached hydrogen (secondary N) is 1. The van der Waals surface area contributed by atoms with Crippen LogP contribution in [0.1, 0.15) is 17.5 Å². The molecule has 0 atom stereocenters. The average molecular weight is 301 g/mol. The third kappa shape index (κ3) is 3.55. The van der Waals surface area contributed by atoms with Crippen LogP contribution < -0.4 is 5.32 Å². The van der Waals surface area contributed by atoms with Crippen molar-refractivity contribution in [3.63, 3.8) is 0 Å². The molecule has 0 saturated heterocycles. The molecule has 0 aliphatic heterocycles. The van der Waals surface area contributed by atoms with Gasteiger partial charge in [0, 0.05) is 18.5 Å². The maximum Gasteiger partial charge on any atom is 0.417 e. The van der Waals surface area contributed by atoms with Crippen LogP contribution in [0.15, 0.2) is 24.3 Å². The van der Waals surface area contributed by atoms with Crippen LogP contribution in [0.4, 0.5) is 13.2 Å². The van der Waals surface area contributed by atoms with Gasteiger partial charge in [0.05, 0.1) is 5.56 Å². The summed E-state index contributed by atoms with van der Waals surface area (Å²) in [5.74, 6) is 0. The zero-order valence-electron chi connectivity index (χ0n) is 10.9. The number of likely N-dealkylation sites (N-methyl/N-ethyl adjacent to an activating group) is 1. The SMILES string of the molecule is CCNCCc1nnc(-c2ccccc2C(F)(F)F)s1. The number of hydrogen-bond donors (Lipinski definition) is 1. The van der Waals surface area contributed by atoms with E-state index in [-0.39, 0.29) is 5.56 Å². The molecule has 0 unspecified atom stereocenters. The highest BCUT2D eigenvalue weighted by Crippen LogP contribution is 2.37. The lowest BCUT2D eigenvalue weighted by Gasteiger charge is -2.09. The Labute approximate surface area is 118 Å². The minimum Gasteiger partial charge on any atom is -0.317 e. The molecule has 1 aromatic carbocycles. The van der Waals surface area contributed by atoms with Crippen molar-refractivity contribution in [2.75, 3.05) is 13.1 Å². The summed E-state index contributed by atoms with van der Waals surface area (Å²) in [6.45, 7) is 3.58. The predicted octanol–water partition coefficient (Wildman–Crippen LogP) is 3.38. The third-order valence-corrected chi connectivity index (χ3v) is 3.71. The Kier molecular flexibility index (Phi) is 4.72. The van der Waals surface area contributed by atoms with Crippen molar-refractivity contribution in [1.82, 2.24) is 15.5 Å². The quantitative estimate of drug-likeness (QED) is 0.860. The molecule has 1 N–H and O–H groups in total. The first kappa shape index (κ1) is 14.9. The molecule has 108 valence electrons. The van der Waals surface area contributed by atoms with Crippen LogP contribution in [-0.2, 0) is 12.6 Å². The second-order valence-electron chi connectivity index (χ2n) is 4.15. The van der Waals surface area contributed by atoms with Gasteiger partial charge in [-0.2, -0.15) is 13.2 Å². The molecule has 0 radical (unpaired) electrons. The minimum absolute atomic E-state index is 0.0900. The number of hydrogen-bond acceptors (Lipinski definition) is 4. The molecule has 1 heterocycles. The maximum absolute atomic E-state index is 12.9. The van der Waals surface area contributed by atoms with Crippen molar-refractivity contribution >= 4 is 11.3 Å². The molecule has 0 spiro atoms. The van der Waals surface area contributed by atoms with Gasteiger partial charge in [-0.25, -0.2) is 0 Å². The third-order valence-electron chi connectivity index (χ3n) is 2.70. The second kappa shape index (κ2) is 6.32. The lowest BCUT2D eigenvalue weighted by atomic mass is 10.1. The highest BCUT2D eigenvalue weighted by molar-refractivity contribution is 7.14. The van der Waals surface area contributed by atoms with Crippen molar-refractivity contribution < 1.29 is 13.2 Å². The van der Waals surface area contributed by atoms with Gasteiger partial charge in [-0.3, -0.25) is 0 Å². The molecular weight excluding hydrogens is 287 g/mol. The molecule has 0 bridgehead atoms. The van der Waals surface area contributed by atoms with Gasteiger partial charge < -0.3 is 5.32 Å². The molecule has 0 aliphatic carbocycles. The smallest absolute Gasteiger partial charge is 0.317 e. The minimum atomic E-state index is -4.38. The van der Waals surface area contributed by atoms with Crippen LogP contribution in [0.3, 0.4) is 0 Å². The molecule has 0 saturated carbocycles. The fourth-order valence-corrected chi connectivity index (χ4v) is 2.63. The van der Waals surface area contributed by atoms with Crippen molar-refractivity contribution in [3.05, 3.63) is 34.8 Å². The summed E-state index contributed by atoms with van der Waals surface area (Å²) >= 11 is 1.20. The van der Waals surface area contributed by atoms with Crippen molar-refractivity contribution in [3.8, 4) is 10.6 Å². The number of nitrogens with zero attached hydrogens (tertiary/aromatic N) is 2. The van der Waals surface area contributed by atoms with Gasteiger partial charge >= 0.3 is 6.18 Å². The van der Waals surface area contributed by atoms with E-state index in [0.29, 0.717) is 11.4 Å². The van der Waals surface area contributed by atoms with Gasteiger partial charge in [-0.15, -0.1) is 10.2 Å². The van der Waals surface area contributed by atoms with Crippen LogP contribution in [-0.4, -0.2) is 23.3 Å². The van der Waals surface area contributed by atoms with Crippen LogP contribution in [0, 0.1) is 0 Å². The summed E-state index contributed by atoms with van der Waals surface area (Å²) in [6, 6.07) is 5.44. The first-order chi connectivity index (χ1) is 9.52. The number of benzene rings is 1. The monoisotopic (exact) mass is 301 g/mol. The number of rotatable bonds is 5. The topological polar surface area (TPSA) is 37.8 Å². The molecule has 0 aliphatic rings. The standard InChI is InChI=1S/C13H14F3N3S/c1-2-17-8-7-11-18-19-12(20-11)9-5-3-4-6-10(9)13(14,15)16/h3-6,17H,2,7-8H2,1H3. The normalized spacial score (nSPS) is 11.8. The first-order valence-electron chi connectivity index (χ1n) is 6.22. The van der Waals surface area contributed by atoms with Gasteiger partial charge in [-0.1, -0.05) is 36.5 Å². The zero-order valence-corrected chi connectivity index (χ0v) is 11.7. The molecule has 0 fully saturated rings. The number of aromatic nitrogens is 2. The van der Waals surface area contributed by atoms with E-state index in [9.17, 15) is 13.2 Å². The fraction of sp³-hybridized carbons (Fsp3) is 0.385. The van der Waals surface area contributed by atoms with E-state index in [0.717, 1.165) is 24.2 Å². The van der Waals surface area contributed by atoms with E-state index in [2.05, 4.69) is 15.5 Å². The first-order valence-corrected chi connectivity index (χ1v) is 7.03. The molecule has 1 aromatic heterocycles. The molecular formula is C13H14F3N3S. The second-order valence-corrected chi connectivity index (χ2v) is 5.21. The molecule has 2 rings (SSSR count). The summed E-state index contributed by atoms with van der Waals surface area (Å²) in [5, 5.41) is 12.0. The predicted molar refractivity (Wildman–Crippen MR) is 72.6 cm³/mol. The lowest BCUT2D eigenvalue weighted by molar-refractivity contribution is -0.137. The van der Waals surface area contributed by atoms with Crippen molar-refractivity contribution in [2.24, 2.45) is 0 Å². The summed E-state index contributed by atoms with van der Waals surface area (Å²) in [5.41, 5.74) is -0.582. The summed E-state index contributed by atoms with van der Waals surface area (Å²) in [6.07, 6.45) is -3.72. The van der Waals surface area contributed by atoms with Crippen molar-refractivity contribution in [2.45, 2.75) is 19.5 Å². The van der Waals surface area contributed by atoms with Crippen LogP contribution in [0.2, 0.25) is 0 Å². The van der Waals surface area contributed by atoms with Gasteiger partial charge in [0.1, 0.15) is 10.0 Å². The van der Waals surface area contributed by atoms with Gasteiger partial charge in [0.2, 0.25) is 0 Å². The molecule has 20 heavy (non-hydrogen) atoms. The highest BCUT2D eigenvalue weighted by atomic mass is 32.1.